The third kappa shape index (κ3) is 3.97. The number of hydrogen-bond acceptors (Lipinski definition) is 3. The molecule has 20 heavy (non-hydrogen) atoms. The van der Waals surface area contributed by atoms with Crippen molar-refractivity contribution in [3.05, 3.63) is 29.3 Å². The molecular weight excluding hydrogens is 252 g/mol. The maximum Gasteiger partial charge on any atom is 0.228 e. The standard InChI is InChI=1S/C16H24N2O2/c1-12-8-13(2)10-15(9-12)20-11-14(3)16(19)18-6-4-17-5-7-18/h8-10,14,17H,4-7,11H2,1-3H3. The zero-order valence-electron chi connectivity index (χ0n) is 12.6. The molecule has 1 aliphatic heterocycles. The molecule has 0 aliphatic carbocycles. The normalized spacial score (nSPS) is 16.9. The van der Waals surface area contributed by atoms with Crippen molar-refractivity contribution >= 4 is 5.91 Å². The molecule has 1 amide bonds. The van der Waals surface area contributed by atoms with E-state index in [9.17, 15) is 4.79 Å². The summed E-state index contributed by atoms with van der Waals surface area (Å²) >= 11 is 0. The highest BCUT2D eigenvalue weighted by Gasteiger charge is 2.22. The number of carbonyl (C=O) groups excluding carboxylic acids is 1. The monoisotopic (exact) mass is 276 g/mol. The summed E-state index contributed by atoms with van der Waals surface area (Å²) in [5.41, 5.74) is 2.36. The van der Waals surface area contributed by atoms with Crippen LogP contribution in [0.3, 0.4) is 0 Å². The van der Waals surface area contributed by atoms with E-state index in [0.29, 0.717) is 6.61 Å². The third-order valence-corrected chi connectivity index (χ3v) is 3.55. The molecule has 1 atom stereocenters. The molecule has 1 aliphatic rings. The average Bonchev–Trinajstić information content (AvgIpc) is 2.44. The van der Waals surface area contributed by atoms with Gasteiger partial charge >= 0.3 is 0 Å². The summed E-state index contributed by atoms with van der Waals surface area (Å²) in [6.45, 7) is 9.84. The first-order valence-electron chi connectivity index (χ1n) is 7.27. The van der Waals surface area contributed by atoms with Crippen molar-refractivity contribution in [1.29, 1.82) is 0 Å². The molecule has 1 N–H and O–H groups in total. The van der Waals surface area contributed by atoms with Gasteiger partial charge in [-0.1, -0.05) is 13.0 Å². The first-order valence-corrected chi connectivity index (χ1v) is 7.27. The predicted octanol–water partition coefficient (Wildman–Crippen LogP) is 1.75. The summed E-state index contributed by atoms with van der Waals surface area (Å²) in [4.78, 5) is 14.2. The van der Waals surface area contributed by atoms with Crippen LogP contribution in [0.4, 0.5) is 0 Å². The summed E-state index contributed by atoms with van der Waals surface area (Å²) in [7, 11) is 0. The highest BCUT2D eigenvalue weighted by Crippen LogP contribution is 2.17. The molecule has 1 heterocycles. The Bertz CT molecular complexity index is 447. The molecule has 1 fully saturated rings. The molecule has 4 heteroatoms. The fraction of sp³-hybridized carbons (Fsp3) is 0.562. The molecule has 1 saturated heterocycles. The van der Waals surface area contributed by atoms with Gasteiger partial charge in [0.1, 0.15) is 5.75 Å². The number of hydrogen-bond donors (Lipinski definition) is 1. The molecule has 110 valence electrons. The lowest BCUT2D eigenvalue weighted by atomic mass is 10.1. The summed E-state index contributed by atoms with van der Waals surface area (Å²) in [5, 5.41) is 3.25. The first-order chi connectivity index (χ1) is 9.56. The number of carbonyl (C=O) groups is 1. The topological polar surface area (TPSA) is 41.6 Å². The molecule has 0 radical (unpaired) electrons. The van der Waals surface area contributed by atoms with E-state index in [1.54, 1.807) is 0 Å². The molecule has 1 aromatic carbocycles. The number of nitrogens with one attached hydrogen (secondary N) is 1. The lowest BCUT2D eigenvalue weighted by Gasteiger charge is -2.29. The van der Waals surface area contributed by atoms with E-state index in [1.807, 2.05) is 24.0 Å². The summed E-state index contributed by atoms with van der Waals surface area (Å²) in [5.74, 6) is 0.937. The van der Waals surface area contributed by atoms with Crippen molar-refractivity contribution in [3.8, 4) is 5.75 Å². The minimum Gasteiger partial charge on any atom is -0.493 e. The Labute approximate surface area is 121 Å². The number of ether oxygens (including phenoxy) is 1. The maximum atomic E-state index is 12.3. The van der Waals surface area contributed by atoms with E-state index in [-0.39, 0.29) is 11.8 Å². The maximum absolute atomic E-state index is 12.3. The smallest absolute Gasteiger partial charge is 0.228 e. The zero-order valence-corrected chi connectivity index (χ0v) is 12.6. The van der Waals surface area contributed by atoms with Gasteiger partial charge in [0.15, 0.2) is 0 Å². The van der Waals surface area contributed by atoms with Gasteiger partial charge in [-0.3, -0.25) is 4.79 Å². The van der Waals surface area contributed by atoms with Crippen molar-refractivity contribution in [2.24, 2.45) is 5.92 Å². The van der Waals surface area contributed by atoms with Crippen molar-refractivity contribution in [2.75, 3.05) is 32.8 Å². The van der Waals surface area contributed by atoms with Crippen molar-refractivity contribution < 1.29 is 9.53 Å². The first kappa shape index (κ1) is 14.9. The van der Waals surface area contributed by atoms with E-state index < -0.39 is 0 Å². The van der Waals surface area contributed by atoms with Gasteiger partial charge in [-0.05, 0) is 37.1 Å². The number of rotatable bonds is 4. The second-order valence-corrected chi connectivity index (χ2v) is 5.61. The fourth-order valence-corrected chi connectivity index (χ4v) is 2.51. The molecular formula is C16H24N2O2. The van der Waals surface area contributed by atoms with Crippen LogP contribution in [0.1, 0.15) is 18.1 Å². The summed E-state index contributed by atoms with van der Waals surface area (Å²) in [6.07, 6.45) is 0. The summed E-state index contributed by atoms with van der Waals surface area (Å²) < 4.78 is 5.78. The molecule has 1 aromatic rings. The number of amides is 1. The van der Waals surface area contributed by atoms with E-state index >= 15 is 0 Å². The van der Waals surface area contributed by atoms with Crippen LogP contribution in [0.5, 0.6) is 5.75 Å². The molecule has 0 bridgehead atoms. The van der Waals surface area contributed by atoms with E-state index in [1.165, 1.54) is 11.1 Å². The van der Waals surface area contributed by atoms with Crippen LogP contribution < -0.4 is 10.1 Å². The lowest BCUT2D eigenvalue weighted by molar-refractivity contribution is -0.136. The van der Waals surface area contributed by atoms with Crippen LogP contribution >= 0.6 is 0 Å². The van der Waals surface area contributed by atoms with Gasteiger partial charge in [-0.25, -0.2) is 0 Å². The minimum absolute atomic E-state index is 0.103. The van der Waals surface area contributed by atoms with Gasteiger partial charge in [0, 0.05) is 26.2 Å². The summed E-state index contributed by atoms with van der Waals surface area (Å²) in [6, 6.07) is 6.13. The number of aryl methyl sites for hydroxylation is 2. The van der Waals surface area contributed by atoms with E-state index in [4.69, 9.17) is 4.74 Å². The largest absolute Gasteiger partial charge is 0.493 e. The van der Waals surface area contributed by atoms with Gasteiger partial charge in [-0.15, -0.1) is 0 Å². The van der Waals surface area contributed by atoms with Crippen LogP contribution in [0, 0.1) is 19.8 Å². The zero-order chi connectivity index (χ0) is 14.5. The Kier molecular flexibility index (Phi) is 5.01. The average molecular weight is 276 g/mol. The van der Waals surface area contributed by atoms with Crippen LogP contribution in [0.15, 0.2) is 18.2 Å². The van der Waals surface area contributed by atoms with E-state index in [2.05, 4.69) is 25.2 Å². The van der Waals surface area contributed by atoms with Gasteiger partial charge in [0.05, 0.1) is 12.5 Å². The van der Waals surface area contributed by atoms with Crippen molar-refractivity contribution in [1.82, 2.24) is 10.2 Å². The van der Waals surface area contributed by atoms with Crippen molar-refractivity contribution in [3.63, 3.8) is 0 Å². The SMILES string of the molecule is Cc1cc(C)cc(OCC(C)C(=O)N2CCNCC2)c1. The quantitative estimate of drug-likeness (QED) is 0.911. The highest BCUT2D eigenvalue weighted by atomic mass is 16.5. The molecule has 0 spiro atoms. The fourth-order valence-electron chi connectivity index (χ4n) is 2.51. The Morgan fingerprint density at radius 2 is 1.85 bits per heavy atom. The Morgan fingerprint density at radius 3 is 2.45 bits per heavy atom. The minimum atomic E-state index is -0.103. The lowest BCUT2D eigenvalue weighted by Crippen LogP contribution is -2.48. The highest BCUT2D eigenvalue weighted by molar-refractivity contribution is 5.78. The van der Waals surface area contributed by atoms with Gasteiger partial charge in [0.2, 0.25) is 5.91 Å². The number of benzene rings is 1. The number of nitrogens with zero attached hydrogens (tertiary/aromatic N) is 1. The van der Waals surface area contributed by atoms with Crippen LogP contribution in [0.2, 0.25) is 0 Å². The molecule has 2 rings (SSSR count). The second-order valence-electron chi connectivity index (χ2n) is 5.61. The molecule has 0 saturated carbocycles. The van der Waals surface area contributed by atoms with Crippen molar-refractivity contribution in [2.45, 2.75) is 20.8 Å². The van der Waals surface area contributed by atoms with E-state index in [0.717, 1.165) is 31.9 Å². The predicted molar refractivity (Wildman–Crippen MR) is 80.0 cm³/mol. The second kappa shape index (κ2) is 6.75. The Morgan fingerprint density at radius 1 is 1.25 bits per heavy atom. The molecule has 0 aromatic heterocycles. The van der Waals surface area contributed by atoms with Gasteiger partial charge in [0.25, 0.3) is 0 Å². The van der Waals surface area contributed by atoms with Crippen LogP contribution in [-0.4, -0.2) is 43.6 Å². The van der Waals surface area contributed by atoms with Crippen LogP contribution in [-0.2, 0) is 4.79 Å². The molecule has 4 nitrogen and oxygen atoms in total. The Balaban J connectivity index is 1.87. The van der Waals surface area contributed by atoms with Crippen LogP contribution in [0.25, 0.3) is 0 Å². The number of piperazine rings is 1. The van der Waals surface area contributed by atoms with Gasteiger partial charge < -0.3 is 15.0 Å². The Hall–Kier alpha value is -1.55. The molecule has 1 unspecified atom stereocenters. The third-order valence-electron chi connectivity index (χ3n) is 3.55. The van der Waals surface area contributed by atoms with Gasteiger partial charge in [-0.2, -0.15) is 0 Å².